The molecule has 184 valence electrons. The van der Waals surface area contributed by atoms with E-state index in [9.17, 15) is 14.7 Å². The summed E-state index contributed by atoms with van der Waals surface area (Å²) >= 11 is 0. The van der Waals surface area contributed by atoms with E-state index in [1.54, 1.807) is 14.0 Å². The van der Waals surface area contributed by atoms with Crippen LogP contribution >= 0.6 is 0 Å². The van der Waals surface area contributed by atoms with Crippen molar-refractivity contribution >= 4 is 22.7 Å². The number of carbonyl (C=O) groups excluding carboxylic acids is 2. The van der Waals surface area contributed by atoms with Crippen LogP contribution in [0.1, 0.15) is 49.9 Å². The zero-order valence-electron chi connectivity index (χ0n) is 20.4. The first-order chi connectivity index (χ1) is 16.4. The number of piperidine rings is 1. The Morgan fingerprint density at radius 3 is 2.53 bits per heavy atom. The minimum Gasteiger partial charge on any atom is -0.497 e. The largest absolute Gasteiger partial charge is 0.497 e. The molecule has 34 heavy (non-hydrogen) atoms. The molecule has 0 aliphatic carbocycles. The van der Waals surface area contributed by atoms with E-state index in [4.69, 9.17) is 9.47 Å². The smallest absolute Gasteiger partial charge is 0.225 e. The zero-order chi connectivity index (χ0) is 24.0. The molecule has 2 amide bonds. The van der Waals surface area contributed by atoms with Crippen molar-refractivity contribution < 1.29 is 24.2 Å². The van der Waals surface area contributed by atoms with Gasteiger partial charge in [-0.25, -0.2) is 0 Å². The molecule has 3 aliphatic heterocycles. The van der Waals surface area contributed by atoms with Gasteiger partial charge < -0.3 is 28.9 Å². The Hall–Kier alpha value is -2.58. The van der Waals surface area contributed by atoms with Crippen molar-refractivity contribution in [3.05, 3.63) is 29.5 Å². The Morgan fingerprint density at radius 1 is 1.21 bits per heavy atom. The molecule has 0 bridgehead atoms. The number of ether oxygens (including phenoxy) is 2. The summed E-state index contributed by atoms with van der Waals surface area (Å²) in [5.41, 5.74) is 3.00. The number of likely N-dealkylation sites (tertiary alicyclic amines) is 1. The average molecular weight is 470 g/mol. The number of amides is 2. The van der Waals surface area contributed by atoms with Crippen LogP contribution in [0.5, 0.6) is 5.75 Å². The number of aliphatic hydroxyl groups excluding tert-OH is 1. The molecule has 0 saturated carbocycles. The third-order valence-corrected chi connectivity index (χ3v) is 8.33. The minimum atomic E-state index is -0.386. The molecule has 1 aromatic carbocycles. The molecule has 4 heterocycles. The van der Waals surface area contributed by atoms with Gasteiger partial charge in [0.1, 0.15) is 5.75 Å². The quantitative estimate of drug-likeness (QED) is 0.746. The maximum atomic E-state index is 13.2. The molecule has 1 spiro atoms. The number of aromatic nitrogens is 1. The number of rotatable bonds is 3. The molecular formula is C26H35N3O5. The second-order valence-corrected chi connectivity index (χ2v) is 10.0. The molecular weight excluding hydrogens is 434 g/mol. The van der Waals surface area contributed by atoms with E-state index in [1.165, 1.54) is 5.56 Å². The number of nitrogens with zero attached hydrogens (tertiary/aromatic N) is 3. The Balaban J connectivity index is 1.55. The molecule has 1 aromatic heterocycles. The van der Waals surface area contributed by atoms with E-state index in [2.05, 4.69) is 10.6 Å². The summed E-state index contributed by atoms with van der Waals surface area (Å²) in [6.07, 6.45) is 3.18. The van der Waals surface area contributed by atoms with Crippen LogP contribution in [0.15, 0.2) is 18.2 Å². The van der Waals surface area contributed by atoms with Crippen LogP contribution in [0.2, 0.25) is 0 Å². The normalized spacial score (nSPS) is 22.8. The minimum absolute atomic E-state index is 0.0346. The van der Waals surface area contributed by atoms with E-state index >= 15 is 0 Å². The summed E-state index contributed by atoms with van der Waals surface area (Å²) in [5.74, 6) is 1.05. The summed E-state index contributed by atoms with van der Waals surface area (Å²) < 4.78 is 13.0. The van der Waals surface area contributed by atoms with Gasteiger partial charge in [0.15, 0.2) is 0 Å². The summed E-state index contributed by atoms with van der Waals surface area (Å²) in [6, 6.07) is 5.72. The second kappa shape index (κ2) is 8.89. The van der Waals surface area contributed by atoms with Crippen LogP contribution in [0.25, 0.3) is 10.9 Å². The van der Waals surface area contributed by atoms with E-state index in [0.29, 0.717) is 32.8 Å². The van der Waals surface area contributed by atoms with Crippen molar-refractivity contribution in [1.29, 1.82) is 0 Å². The number of hydrogen-bond acceptors (Lipinski definition) is 5. The molecule has 0 radical (unpaired) electrons. The van der Waals surface area contributed by atoms with Gasteiger partial charge >= 0.3 is 0 Å². The highest BCUT2D eigenvalue weighted by atomic mass is 16.5. The van der Waals surface area contributed by atoms with Crippen LogP contribution in [-0.4, -0.2) is 77.9 Å². The van der Waals surface area contributed by atoms with Gasteiger partial charge in [0, 0.05) is 75.3 Å². The maximum Gasteiger partial charge on any atom is 0.225 e. The standard InChI is InChI=1S/C26H35N3O5/c1-17(31)29-16-26(8-10-28(11-9-26)25(32)18-6-12-34-13-7-18)23-20-5-4-19(33-3)14-21(20)27(2)24(23)22(29)15-30/h4-5,14,18,22,30H,6-13,15-16H2,1-3H3/t22-/m0/s1. The predicted molar refractivity (Wildman–Crippen MR) is 128 cm³/mol. The van der Waals surface area contributed by atoms with Crippen LogP contribution < -0.4 is 4.74 Å². The molecule has 5 rings (SSSR count). The SMILES string of the molecule is COc1ccc2c3c(n(C)c2c1)[C@H](CO)N(C(C)=O)CC31CCN(C(=O)C2CCOCC2)CC1. The lowest BCUT2D eigenvalue weighted by Crippen LogP contribution is -2.56. The van der Waals surface area contributed by atoms with Crippen molar-refractivity contribution in [2.75, 3.05) is 46.6 Å². The molecule has 1 N–H and O–H groups in total. The van der Waals surface area contributed by atoms with Crippen molar-refractivity contribution in [1.82, 2.24) is 14.4 Å². The zero-order valence-corrected chi connectivity index (χ0v) is 20.4. The average Bonchev–Trinajstić information content (AvgIpc) is 3.17. The molecule has 8 nitrogen and oxygen atoms in total. The van der Waals surface area contributed by atoms with Gasteiger partial charge in [0.25, 0.3) is 0 Å². The molecule has 3 aliphatic rings. The van der Waals surface area contributed by atoms with E-state index in [0.717, 1.165) is 48.0 Å². The number of aliphatic hydroxyl groups is 1. The Labute approximate surface area is 200 Å². The number of aryl methyl sites for hydroxylation is 1. The first-order valence-electron chi connectivity index (χ1n) is 12.3. The monoisotopic (exact) mass is 469 g/mol. The second-order valence-electron chi connectivity index (χ2n) is 10.0. The maximum absolute atomic E-state index is 13.2. The Bertz CT molecular complexity index is 1100. The Kier molecular flexibility index (Phi) is 6.06. The van der Waals surface area contributed by atoms with Crippen LogP contribution in [0.3, 0.4) is 0 Å². The van der Waals surface area contributed by atoms with Gasteiger partial charge in [-0.05, 0) is 43.4 Å². The molecule has 2 aromatic rings. The molecule has 2 saturated heterocycles. The number of hydrogen-bond donors (Lipinski definition) is 1. The van der Waals surface area contributed by atoms with Gasteiger partial charge in [-0.3, -0.25) is 9.59 Å². The van der Waals surface area contributed by atoms with Gasteiger partial charge in [-0.1, -0.05) is 0 Å². The number of benzene rings is 1. The number of methoxy groups -OCH3 is 1. The number of fused-ring (bicyclic) bond motifs is 4. The highest BCUT2D eigenvalue weighted by Gasteiger charge is 2.49. The topological polar surface area (TPSA) is 84.2 Å². The fourth-order valence-corrected chi connectivity index (χ4v) is 6.46. The molecule has 2 fully saturated rings. The van der Waals surface area contributed by atoms with E-state index < -0.39 is 0 Å². The summed E-state index contributed by atoms with van der Waals surface area (Å²) in [4.78, 5) is 29.7. The molecule has 8 heteroatoms. The summed E-state index contributed by atoms with van der Waals surface area (Å²) in [7, 11) is 3.66. The summed E-state index contributed by atoms with van der Waals surface area (Å²) in [5, 5.41) is 11.5. The van der Waals surface area contributed by atoms with E-state index in [1.807, 2.05) is 29.0 Å². The lowest BCUT2D eigenvalue weighted by Gasteiger charge is -2.50. The molecule has 0 unspecified atom stereocenters. The summed E-state index contributed by atoms with van der Waals surface area (Å²) in [6.45, 7) is 4.69. The van der Waals surface area contributed by atoms with Crippen molar-refractivity contribution in [3.8, 4) is 5.75 Å². The van der Waals surface area contributed by atoms with Crippen molar-refractivity contribution in [3.63, 3.8) is 0 Å². The predicted octanol–water partition coefficient (Wildman–Crippen LogP) is 2.37. The lowest BCUT2D eigenvalue weighted by atomic mass is 9.68. The third-order valence-electron chi connectivity index (χ3n) is 8.33. The Morgan fingerprint density at radius 2 is 1.91 bits per heavy atom. The first kappa shape index (κ1) is 23.2. The third kappa shape index (κ3) is 3.58. The highest BCUT2D eigenvalue weighted by Crippen LogP contribution is 2.50. The first-order valence-corrected chi connectivity index (χ1v) is 12.3. The van der Waals surface area contributed by atoms with Gasteiger partial charge in [-0.15, -0.1) is 0 Å². The molecule has 1 atom stereocenters. The fourth-order valence-electron chi connectivity index (χ4n) is 6.46. The van der Waals surface area contributed by atoms with Crippen LogP contribution in [0, 0.1) is 5.92 Å². The van der Waals surface area contributed by atoms with Gasteiger partial charge in [0.05, 0.1) is 25.3 Å². The van der Waals surface area contributed by atoms with Gasteiger partial charge in [0.2, 0.25) is 11.8 Å². The van der Waals surface area contributed by atoms with Crippen LogP contribution in [0.4, 0.5) is 0 Å². The van der Waals surface area contributed by atoms with Crippen molar-refractivity contribution in [2.45, 2.75) is 44.1 Å². The fraction of sp³-hybridized carbons (Fsp3) is 0.615. The number of carbonyl (C=O) groups is 2. The van der Waals surface area contributed by atoms with Crippen LogP contribution in [-0.2, 0) is 26.8 Å². The van der Waals surface area contributed by atoms with Crippen molar-refractivity contribution in [2.24, 2.45) is 13.0 Å². The van der Waals surface area contributed by atoms with Gasteiger partial charge in [-0.2, -0.15) is 0 Å². The van der Waals surface area contributed by atoms with E-state index in [-0.39, 0.29) is 35.8 Å². The lowest BCUT2D eigenvalue weighted by molar-refractivity contribution is -0.142. The highest BCUT2D eigenvalue weighted by molar-refractivity contribution is 5.89.